The van der Waals surface area contributed by atoms with Crippen LogP contribution in [-0.2, 0) is 4.84 Å². The molecule has 0 aromatic heterocycles. The van der Waals surface area contributed by atoms with E-state index < -0.39 is 0 Å². The Bertz CT molecular complexity index is 191. The third-order valence-corrected chi connectivity index (χ3v) is 4.92. The fraction of sp³-hybridized carbons (Fsp3) is 1.00. The number of rotatable bonds is 3. The van der Waals surface area contributed by atoms with Crippen molar-refractivity contribution >= 4 is 0 Å². The van der Waals surface area contributed by atoms with Gasteiger partial charge in [0.2, 0.25) is 0 Å². The second-order valence-corrected chi connectivity index (χ2v) is 6.04. The van der Waals surface area contributed by atoms with Crippen LogP contribution in [0.25, 0.3) is 0 Å². The van der Waals surface area contributed by atoms with E-state index in [1.165, 1.54) is 44.9 Å². The van der Waals surface area contributed by atoms with Crippen molar-refractivity contribution in [1.82, 2.24) is 0 Å². The van der Waals surface area contributed by atoms with Gasteiger partial charge in [0.15, 0.2) is 0 Å². The maximum atomic E-state index is 5.16. The fourth-order valence-electron chi connectivity index (χ4n) is 4.87. The summed E-state index contributed by atoms with van der Waals surface area (Å²) < 4.78 is 0. The van der Waals surface area contributed by atoms with Crippen molar-refractivity contribution in [2.24, 2.45) is 29.1 Å². The Morgan fingerprint density at radius 2 is 1.50 bits per heavy atom. The van der Waals surface area contributed by atoms with E-state index in [9.17, 15) is 0 Å². The minimum absolute atomic E-state index is 0.647. The van der Waals surface area contributed by atoms with Gasteiger partial charge in [-0.3, -0.25) is 0 Å². The highest BCUT2D eigenvalue weighted by Crippen LogP contribution is 2.61. The monoisotopic (exact) mass is 195 g/mol. The molecule has 14 heavy (non-hydrogen) atoms. The van der Waals surface area contributed by atoms with Crippen molar-refractivity contribution in [3.8, 4) is 0 Å². The van der Waals surface area contributed by atoms with Gasteiger partial charge in [0, 0.05) is 0 Å². The highest BCUT2D eigenvalue weighted by atomic mass is 16.6. The summed E-state index contributed by atoms with van der Waals surface area (Å²) in [7, 11) is 0. The van der Waals surface area contributed by atoms with Crippen LogP contribution in [0.1, 0.15) is 44.9 Å². The molecule has 0 unspecified atom stereocenters. The van der Waals surface area contributed by atoms with Crippen LogP contribution in [0.15, 0.2) is 0 Å². The molecule has 0 aromatic rings. The standard InChI is InChI=1S/C12H21NO/c13-14-2-1-12-6-9-3-10(7-12)5-11(4-9)8-12/h9-11H,1-8,13H2. The smallest absolute Gasteiger partial charge is 0.0684 e. The topological polar surface area (TPSA) is 35.2 Å². The van der Waals surface area contributed by atoms with Crippen LogP contribution >= 0.6 is 0 Å². The molecule has 4 aliphatic rings. The first kappa shape index (κ1) is 9.17. The SMILES string of the molecule is NOCCC12CC3CC(CC(C3)C1)C2. The van der Waals surface area contributed by atoms with Gasteiger partial charge in [-0.1, -0.05) is 0 Å². The summed E-state index contributed by atoms with van der Waals surface area (Å²) in [5.74, 6) is 8.32. The fourth-order valence-corrected chi connectivity index (χ4v) is 4.87. The van der Waals surface area contributed by atoms with Crippen molar-refractivity contribution in [1.29, 1.82) is 0 Å². The summed E-state index contributed by atoms with van der Waals surface area (Å²) in [4.78, 5) is 4.78. The van der Waals surface area contributed by atoms with Gasteiger partial charge < -0.3 is 4.84 Å². The first-order chi connectivity index (χ1) is 6.80. The minimum Gasteiger partial charge on any atom is -0.305 e. The molecule has 0 radical (unpaired) electrons. The van der Waals surface area contributed by atoms with Gasteiger partial charge in [0.1, 0.15) is 0 Å². The Labute approximate surface area is 86.1 Å². The molecule has 4 aliphatic carbocycles. The zero-order valence-corrected chi connectivity index (χ0v) is 8.87. The predicted octanol–water partition coefficient (Wildman–Crippen LogP) is 2.48. The molecule has 0 aliphatic heterocycles. The lowest BCUT2D eigenvalue weighted by Crippen LogP contribution is -2.46. The van der Waals surface area contributed by atoms with Crippen molar-refractivity contribution in [2.45, 2.75) is 44.9 Å². The third kappa shape index (κ3) is 1.40. The second-order valence-electron chi connectivity index (χ2n) is 6.04. The van der Waals surface area contributed by atoms with Crippen LogP contribution in [0.5, 0.6) is 0 Å². The number of hydrogen-bond donors (Lipinski definition) is 1. The lowest BCUT2D eigenvalue weighted by molar-refractivity contribution is -0.0691. The van der Waals surface area contributed by atoms with Gasteiger partial charge in [0.25, 0.3) is 0 Å². The van der Waals surface area contributed by atoms with Gasteiger partial charge in [-0.05, 0) is 68.1 Å². The van der Waals surface area contributed by atoms with Crippen LogP contribution in [-0.4, -0.2) is 6.61 Å². The van der Waals surface area contributed by atoms with Gasteiger partial charge in [-0.25, -0.2) is 5.90 Å². The highest BCUT2D eigenvalue weighted by Gasteiger charge is 2.50. The largest absolute Gasteiger partial charge is 0.305 e. The van der Waals surface area contributed by atoms with E-state index in [2.05, 4.69) is 0 Å². The zero-order valence-electron chi connectivity index (χ0n) is 8.87. The molecule has 4 bridgehead atoms. The molecule has 2 nitrogen and oxygen atoms in total. The molecule has 4 saturated carbocycles. The van der Waals surface area contributed by atoms with Crippen LogP contribution in [0.3, 0.4) is 0 Å². The molecular weight excluding hydrogens is 174 g/mol. The van der Waals surface area contributed by atoms with Crippen LogP contribution in [0.2, 0.25) is 0 Å². The van der Waals surface area contributed by atoms with E-state index in [1.54, 1.807) is 0 Å². The molecule has 0 saturated heterocycles. The van der Waals surface area contributed by atoms with Crippen LogP contribution < -0.4 is 5.90 Å². The molecular formula is C12H21NO. The summed E-state index contributed by atoms with van der Waals surface area (Å²) >= 11 is 0. The first-order valence-corrected chi connectivity index (χ1v) is 6.11. The molecule has 2 heteroatoms. The quantitative estimate of drug-likeness (QED) is 0.702. The molecule has 0 amide bonds. The van der Waals surface area contributed by atoms with E-state index in [0.29, 0.717) is 5.41 Å². The van der Waals surface area contributed by atoms with Crippen LogP contribution in [0, 0.1) is 23.2 Å². The Morgan fingerprint density at radius 3 is 1.93 bits per heavy atom. The Kier molecular flexibility index (Phi) is 2.10. The first-order valence-electron chi connectivity index (χ1n) is 6.11. The molecule has 2 N–H and O–H groups in total. The zero-order chi connectivity index (χ0) is 9.60. The highest BCUT2D eigenvalue weighted by molar-refractivity contribution is 5.01. The minimum atomic E-state index is 0.647. The Balaban J connectivity index is 1.74. The summed E-state index contributed by atoms with van der Waals surface area (Å²) in [5, 5.41) is 0. The lowest BCUT2D eigenvalue weighted by atomic mass is 9.49. The third-order valence-electron chi connectivity index (χ3n) is 4.92. The van der Waals surface area contributed by atoms with E-state index in [0.717, 1.165) is 24.4 Å². The normalized spacial score (nSPS) is 49.9. The molecule has 0 atom stereocenters. The number of nitrogens with two attached hydrogens (primary N) is 1. The molecule has 80 valence electrons. The second kappa shape index (κ2) is 3.21. The molecule has 0 spiro atoms. The maximum absolute atomic E-state index is 5.16. The predicted molar refractivity (Wildman–Crippen MR) is 55.4 cm³/mol. The molecule has 4 fully saturated rings. The number of hydrogen-bond acceptors (Lipinski definition) is 2. The van der Waals surface area contributed by atoms with E-state index in [4.69, 9.17) is 10.7 Å². The van der Waals surface area contributed by atoms with Crippen LogP contribution in [0.4, 0.5) is 0 Å². The summed E-state index contributed by atoms with van der Waals surface area (Å²) in [6.07, 6.45) is 10.2. The lowest BCUT2D eigenvalue weighted by Gasteiger charge is -2.57. The van der Waals surface area contributed by atoms with Crippen molar-refractivity contribution in [3.05, 3.63) is 0 Å². The van der Waals surface area contributed by atoms with Crippen molar-refractivity contribution < 1.29 is 4.84 Å². The van der Waals surface area contributed by atoms with E-state index in [1.807, 2.05) is 0 Å². The van der Waals surface area contributed by atoms with Gasteiger partial charge in [-0.15, -0.1) is 0 Å². The average molecular weight is 195 g/mol. The van der Waals surface area contributed by atoms with E-state index in [-0.39, 0.29) is 0 Å². The Morgan fingerprint density at radius 1 is 1.00 bits per heavy atom. The van der Waals surface area contributed by atoms with Crippen molar-refractivity contribution in [3.63, 3.8) is 0 Å². The summed E-state index contributed by atoms with van der Waals surface area (Å²) in [6, 6.07) is 0. The summed E-state index contributed by atoms with van der Waals surface area (Å²) in [6.45, 7) is 0.770. The van der Waals surface area contributed by atoms with Gasteiger partial charge in [-0.2, -0.15) is 0 Å². The molecule has 0 heterocycles. The average Bonchev–Trinajstić information content (AvgIpc) is 2.12. The Hall–Kier alpha value is -0.0800. The summed E-state index contributed by atoms with van der Waals surface area (Å²) in [5.41, 5.74) is 0.647. The molecule has 4 rings (SSSR count). The molecule has 0 aromatic carbocycles. The van der Waals surface area contributed by atoms with Crippen molar-refractivity contribution in [2.75, 3.05) is 6.61 Å². The van der Waals surface area contributed by atoms with Gasteiger partial charge >= 0.3 is 0 Å². The maximum Gasteiger partial charge on any atom is 0.0684 e. The van der Waals surface area contributed by atoms with E-state index >= 15 is 0 Å². The van der Waals surface area contributed by atoms with Gasteiger partial charge in [0.05, 0.1) is 6.61 Å².